The van der Waals surface area contributed by atoms with Gasteiger partial charge < -0.3 is 10.5 Å². The minimum absolute atomic E-state index is 0.467. The number of anilines is 1. The Morgan fingerprint density at radius 2 is 2.57 bits per heavy atom. The van der Waals surface area contributed by atoms with Crippen molar-refractivity contribution in [3.05, 3.63) is 4.77 Å². The first kappa shape index (κ1) is 9.67. The highest BCUT2D eigenvalue weighted by Gasteiger charge is 2.15. The molecule has 1 aromatic heterocycles. The van der Waals surface area contributed by atoms with E-state index < -0.39 is 0 Å². The van der Waals surface area contributed by atoms with E-state index in [1.807, 2.05) is 4.57 Å². The van der Waals surface area contributed by atoms with Crippen molar-refractivity contribution in [3.8, 4) is 0 Å². The summed E-state index contributed by atoms with van der Waals surface area (Å²) < 4.78 is 7.72. The second-order valence-corrected chi connectivity index (χ2v) is 3.94. The quantitative estimate of drug-likeness (QED) is 0.735. The number of ether oxygens (including phenoxy) is 1. The average molecular weight is 214 g/mol. The van der Waals surface area contributed by atoms with Crippen molar-refractivity contribution in [2.75, 3.05) is 18.9 Å². The van der Waals surface area contributed by atoms with Crippen LogP contribution in [0.5, 0.6) is 0 Å². The van der Waals surface area contributed by atoms with Gasteiger partial charge in [0.15, 0.2) is 4.77 Å². The molecule has 1 unspecified atom stereocenters. The standard InChI is InChI=1S/C8H14N4OS/c9-7-10-11-8(14)12(7)3-1-6-2-4-13-5-6/h6H,1-5H2,(H2,9,10)(H,11,14). The lowest BCUT2D eigenvalue weighted by Crippen LogP contribution is -2.08. The molecule has 0 amide bonds. The molecular formula is C8H14N4OS. The van der Waals surface area contributed by atoms with Crippen LogP contribution in [0.15, 0.2) is 0 Å². The van der Waals surface area contributed by atoms with E-state index in [1.54, 1.807) is 0 Å². The Hall–Kier alpha value is -0.880. The van der Waals surface area contributed by atoms with E-state index in [-0.39, 0.29) is 0 Å². The van der Waals surface area contributed by atoms with Gasteiger partial charge in [0.05, 0.1) is 0 Å². The highest BCUT2D eigenvalue weighted by molar-refractivity contribution is 7.71. The maximum Gasteiger partial charge on any atom is 0.220 e. The number of nitrogens with one attached hydrogen (secondary N) is 1. The van der Waals surface area contributed by atoms with E-state index >= 15 is 0 Å². The molecule has 0 aromatic carbocycles. The molecule has 0 bridgehead atoms. The summed E-state index contributed by atoms with van der Waals surface area (Å²) in [6.07, 6.45) is 2.20. The largest absolute Gasteiger partial charge is 0.381 e. The molecule has 0 spiro atoms. The van der Waals surface area contributed by atoms with E-state index in [0.717, 1.165) is 32.6 Å². The lowest BCUT2D eigenvalue weighted by molar-refractivity contribution is 0.183. The summed E-state index contributed by atoms with van der Waals surface area (Å²) >= 11 is 5.05. The number of nitrogens with two attached hydrogens (primary N) is 1. The van der Waals surface area contributed by atoms with E-state index in [4.69, 9.17) is 22.7 Å². The Balaban J connectivity index is 1.94. The Morgan fingerprint density at radius 1 is 1.71 bits per heavy atom. The van der Waals surface area contributed by atoms with Gasteiger partial charge in [0.2, 0.25) is 5.95 Å². The van der Waals surface area contributed by atoms with Crippen molar-refractivity contribution in [2.45, 2.75) is 19.4 Å². The number of rotatable bonds is 3. The molecule has 1 fully saturated rings. The molecular weight excluding hydrogens is 200 g/mol. The predicted octanol–water partition coefficient (Wildman–Crippen LogP) is 0.949. The number of nitrogens with zero attached hydrogens (tertiary/aromatic N) is 2. The van der Waals surface area contributed by atoms with Gasteiger partial charge >= 0.3 is 0 Å². The van der Waals surface area contributed by atoms with Crippen LogP contribution in [0.2, 0.25) is 0 Å². The fourth-order valence-electron chi connectivity index (χ4n) is 1.67. The highest BCUT2D eigenvalue weighted by Crippen LogP contribution is 2.17. The Labute approximate surface area is 87.3 Å². The summed E-state index contributed by atoms with van der Waals surface area (Å²) in [5.41, 5.74) is 5.65. The van der Waals surface area contributed by atoms with Crippen LogP contribution >= 0.6 is 12.2 Å². The number of aromatic nitrogens is 3. The fourth-order valence-corrected chi connectivity index (χ4v) is 1.90. The van der Waals surface area contributed by atoms with Crippen LogP contribution in [0, 0.1) is 10.7 Å². The molecule has 1 saturated heterocycles. The maximum atomic E-state index is 5.65. The summed E-state index contributed by atoms with van der Waals surface area (Å²) in [6, 6.07) is 0. The first-order chi connectivity index (χ1) is 6.77. The molecule has 0 saturated carbocycles. The first-order valence-electron chi connectivity index (χ1n) is 4.76. The molecule has 6 heteroatoms. The fraction of sp³-hybridized carbons (Fsp3) is 0.750. The molecule has 2 heterocycles. The average Bonchev–Trinajstić information content (AvgIpc) is 2.76. The topological polar surface area (TPSA) is 68.9 Å². The minimum atomic E-state index is 0.467. The van der Waals surface area contributed by atoms with E-state index in [9.17, 15) is 0 Å². The molecule has 14 heavy (non-hydrogen) atoms. The summed E-state index contributed by atoms with van der Waals surface area (Å²) in [6.45, 7) is 2.58. The summed E-state index contributed by atoms with van der Waals surface area (Å²) in [7, 11) is 0. The van der Waals surface area contributed by atoms with Gasteiger partial charge in [0.25, 0.3) is 0 Å². The number of H-pyrrole nitrogens is 1. The minimum Gasteiger partial charge on any atom is -0.381 e. The first-order valence-corrected chi connectivity index (χ1v) is 5.16. The van der Waals surface area contributed by atoms with Gasteiger partial charge in [-0.15, -0.1) is 5.10 Å². The van der Waals surface area contributed by atoms with Crippen molar-refractivity contribution in [2.24, 2.45) is 5.92 Å². The number of hydrogen-bond donors (Lipinski definition) is 2. The van der Waals surface area contributed by atoms with E-state index in [1.165, 1.54) is 0 Å². The van der Waals surface area contributed by atoms with Gasteiger partial charge in [-0.05, 0) is 31.0 Å². The van der Waals surface area contributed by atoms with Gasteiger partial charge in [-0.3, -0.25) is 4.57 Å². The second kappa shape index (κ2) is 4.10. The maximum absolute atomic E-state index is 5.65. The smallest absolute Gasteiger partial charge is 0.220 e. The van der Waals surface area contributed by atoms with Crippen molar-refractivity contribution in [1.82, 2.24) is 14.8 Å². The molecule has 2 rings (SSSR count). The SMILES string of the molecule is Nc1n[nH]c(=S)n1CCC1CCOC1. The normalized spacial score (nSPS) is 21.6. The highest BCUT2D eigenvalue weighted by atomic mass is 32.1. The van der Waals surface area contributed by atoms with Crippen molar-refractivity contribution in [3.63, 3.8) is 0 Å². The third-order valence-corrected chi connectivity index (χ3v) is 2.88. The third-order valence-electron chi connectivity index (χ3n) is 2.57. The van der Waals surface area contributed by atoms with Gasteiger partial charge in [-0.2, -0.15) is 0 Å². The van der Waals surface area contributed by atoms with Gasteiger partial charge in [-0.1, -0.05) is 0 Å². The number of aromatic amines is 1. The van der Waals surface area contributed by atoms with Crippen LogP contribution in [0.3, 0.4) is 0 Å². The number of nitrogen functional groups attached to an aromatic ring is 1. The molecule has 1 aliphatic rings. The van der Waals surface area contributed by atoms with E-state index in [0.29, 0.717) is 16.6 Å². The van der Waals surface area contributed by atoms with Gasteiger partial charge in [-0.25, -0.2) is 5.10 Å². The molecule has 78 valence electrons. The molecule has 1 atom stereocenters. The van der Waals surface area contributed by atoms with Crippen molar-refractivity contribution >= 4 is 18.2 Å². The van der Waals surface area contributed by atoms with Crippen LogP contribution in [-0.2, 0) is 11.3 Å². The lowest BCUT2D eigenvalue weighted by atomic mass is 10.1. The molecule has 3 N–H and O–H groups in total. The van der Waals surface area contributed by atoms with E-state index in [2.05, 4.69) is 10.2 Å². The zero-order chi connectivity index (χ0) is 9.97. The van der Waals surface area contributed by atoms with Crippen LogP contribution in [0.4, 0.5) is 5.95 Å². The monoisotopic (exact) mass is 214 g/mol. The van der Waals surface area contributed by atoms with Crippen LogP contribution in [-0.4, -0.2) is 28.0 Å². The van der Waals surface area contributed by atoms with Gasteiger partial charge in [0, 0.05) is 19.8 Å². The molecule has 0 radical (unpaired) electrons. The number of hydrogen-bond acceptors (Lipinski definition) is 4. The predicted molar refractivity (Wildman–Crippen MR) is 55.4 cm³/mol. The van der Waals surface area contributed by atoms with Crippen LogP contribution in [0.25, 0.3) is 0 Å². The molecule has 1 aliphatic heterocycles. The third kappa shape index (κ3) is 1.96. The summed E-state index contributed by atoms with van der Waals surface area (Å²) in [5.74, 6) is 1.11. The van der Waals surface area contributed by atoms with Crippen LogP contribution < -0.4 is 5.73 Å². The molecule has 0 aliphatic carbocycles. The summed E-state index contributed by atoms with van der Waals surface area (Å²) in [5, 5.41) is 6.53. The Morgan fingerprint density at radius 3 is 3.14 bits per heavy atom. The molecule has 1 aromatic rings. The van der Waals surface area contributed by atoms with Gasteiger partial charge in [0.1, 0.15) is 0 Å². The second-order valence-electron chi connectivity index (χ2n) is 3.56. The van der Waals surface area contributed by atoms with Crippen molar-refractivity contribution in [1.29, 1.82) is 0 Å². The zero-order valence-electron chi connectivity index (χ0n) is 7.90. The molecule has 5 nitrogen and oxygen atoms in total. The Kier molecular flexibility index (Phi) is 2.83. The Bertz CT molecular complexity index is 352. The van der Waals surface area contributed by atoms with Crippen LogP contribution in [0.1, 0.15) is 12.8 Å². The summed E-state index contributed by atoms with van der Waals surface area (Å²) in [4.78, 5) is 0. The lowest BCUT2D eigenvalue weighted by Gasteiger charge is -2.07. The van der Waals surface area contributed by atoms with Crippen molar-refractivity contribution < 1.29 is 4.74 Å². The zero-order valence-corrected chi connectivity index (χ0v) is 8.72.